The van der Waals surface area contributed by atoms with Crippen LogP contribution in [-0.2, 0) is 12.8 Å². The lowest BCUT2D eigenvalue weighted by Gasteiger charge is -2.08. The molecule has 2 heterocycles. The smallest absolute Gasteiger partial charge is 0.191 e. The zero-order chi connectivity index (χ0) is 18.1. The van der Waals surface area contributed by atoms with Crippen LogP contribution in [0, 0.1) is 6.92 Å². The molecule has 0 amide bonds. The van der Waals surface area contributed by atoms with E-state index in [1.54, 1.807) is 18.0 Å². The molecule has 4 nitrogen and oxygen atoms in total. The summed E-state index contributed by atoms with van der Waals surface area (Å²) in [6.45, 7) is 2.07. The first-order valence-corrected chi connectivity index (χ1v) is 9.61. The van der Waals surface area contributed by atoms with Gasteiger partial charge in [0, 0.05) is 40.5 Å². The van der Waals surface area contributed by atoms with Crippen molar-refractivity contribution >= 4 is 34.3 Å². The van der Waals surface area contributed by atoms with Gasteiger partial charge in [0.15, 0.2) is 11.0 Å². The number of thioether (sulfide) groups is 1. The summed E-state index contributed by atoms with van der Waals surface area (Å²) in [6.07, 6.45) is 1.80. The summed E-state index contributed by atoms with van der Waals surface area (Å²) in [5, 5.41) is 11.4. The molecule has 0 fully saturated rings. The Morgan fingerprint density at radius 3 is 2.81 bits per heavy atom. The van der Waals surface area contributed by atoms with E-state index < -0.39 is 0 Å². The van der Waals surface area contributed by atoms with Gasteiger partial charge >= 0.3 is 0 Å². The third kappa shape index (κ3) is 3.20. The summed E-state index contributed by atoms with van der Waals surface area (Å²) >= 11 is 8.05. The Morgan fingerprint density at radius 1 is 1.08 bits per heavy atom. The van der Waals surface area contributed by atoms with E-state index in [1.807, 2.05) is 41.9 Å². The lowest BCUT2D eigenvalue weighted by Crippen LogP contribution is -1.96. The molecular formula is C20H17ClN4S. The van der Waals surface area contributed by atoms with Crippen molar-refractivity contribution in [2.45, 2.75) is 17.8 Å². The van der Waals surface area contributed by atoms with Gasteiger partial charge in [-0.3, -0.25) is 4.98 Å². The van der Waals surface area contributed by atoms with Crippen LogP contribution in [0.1, 0.15) is 11.1 Å². The Labute approximate surface area is 161 Å². The number of halogens is 1. The lowest BCUT2D eigenvalue weighted by molar-refractivity contribution is 0.794. The normalized spacial score (nSPS) is 11.2. The van der Waals surface area contributed by atoms with E-state index >= 15 is 0 Å². The molecule has 0 aliphatic rings. The minimum absolute atomic E-state index is 0.687. The average Bonchev–Trinajstić information content (AvgIpc) is 3.01. The first-order chi connectivity index (χ1) is 12.6. The lowest BCUT2D eigenvalue weighted by atomic mass is 10.1. The second-order valence-corrected chi connectivity index (χ2v) is 7.47. The first kappa shape index (κ1) is 17.1. The molecule has 0 unspecified atom stereocenters. The van der Waals surface area contributed by atoms with Gasteiger partial charge in [0.1, 0.15) is 0 Å². The Morgan fingerprint density at radius 2 is 1.96 bits per heavy atom. The first-order valence-electron chi connectivity index (χ1n) is 8.25. The molecule has 130 valence electrons. The van der Waals surface area contributed by atoms with Crippen LogP contribution in [-0.4, -0.2) is 19.7 Å². The SMILES string of the molecule is Cc1cccc(-c2nnc(SCc3c(Cl)ccc4cccnc34)n2C)c1. The van der Waals surface area contributed by atoms with Crippen LogP contribution in [0.15, 0.2) is 59.9 Å². The molecule has 6 heteroatoms. The molecule has 0 saturated carbocycles. The van der Waals surface area contributed by atoms with Crippen LogP contribution >= 0.6 is 23.4 Å². The maximum atomic E-state index is 6.43. The maximum absolute atomic E-state index is 6.43. The van der Waals surface area contributed by atoms with Gasteiger partial charge in [-0.15, -0.1) is 10.2 Å². The number of nitrogens with zero attached hydrogens (tertiary/aromatic N) is 4. The van der Waals surface area contributed by atoms with Crippen molar-refractivity contribution < 1.29 is 0 Å². The van der Waals surface area contributed by atoms with Gasteiger partial charge in [0.2, 0.25) is 0 Å². The summed E-state index contributed by atoms with van der Waals surface area (Å²) in [6, 6.07) is 16.2. The van der Waals surface area contributed by atoms with Gasteiger partial charge < -0.3 is 4.57 Å². The van der Waals surface area contributed by atoms with Gasteiger partial charge in [-0.05, 0) is 25.1 Å². The van der Waals surface area contributed by atoms with Crippen molar-refractivity contribution in [3.8, 4) is 11.4 Å². The highest BCUT2D eigenvalue weighted by molar-refractivity contribution is 7.98. The zero-order valence-electron chi connectivity index (χ0n) is 14.5. The van der Waals surface area contributed by atoms with Crippen LogP contribution in [0.4, 0.5) is 0 Å². The molecule has 0 N–H and O–H groups in total. The second-order valence-electron chi connectivity index (χ2n) is 6.12. The summed E-state index contributed by atoms with van der Waals surface area (Å²) < 4.78 is 2.02. The number of aryl methyl sites for hydroxylation is 1. The molecule has 0 saturated heterocycles. The summed E-state index contributed by atoms with van der Waals surface area (Å²) in [5.41, 5.74) is 4.23. The number of aromatic nitrogens is 4. The minimum atomic E-state index is 0.687. The fourth-order valence-corrected chi connectivity index (χ4v) is 4.17. The Hall–Kier alpha value is -2.37. The molecule has 0 atom stereocenters. The number of hydrogen-bond donors (Lipinski definition) is 0. The maximum Gasteiger partial charge on any atom is 0.191 e. The molecule has 0 spiro atoms. The van der Waals surface area contributed by atoms with Gasteiger partial charge in [-0.25, -0.2) is 0 Å². The molecule has 2 aromatic heterocycles. The molecule has 26 heavy (non-hydrogen) atoms. The molecular weight excluding hydrogens is 364 g/mol. The van der Waals surface area contributed by atoms with E-state index in [4.69, 9.17) is 11.6 Å². The highest BCUT2D eigenvalue weighted by Crippen LogP contribution is 2.31. The van der Waals surface area contributed by atoms with Crippen LogP contribution in [0.3, 0.4) is 0 Å². The third-order valence-corrected chi connectivity index (χ3v) is 5.68. The molecule has 4 rings (SSSR count). The van der Waals surface area contributed by atoms with Crippen molar-refractivity contribution in [2.75, 3.05) is 0 Å². The highest BCUT2D eigenvalue weighted by Gasteiger charge is 2.14. The molecule has 4 aromatic rings. The summed E-state index contributed by atoms with van der Waals surface area (Å²) in [7, 11) is 1.99. The number of benzene rings is 2. The molecule has 0 aliphatic heterocycles. The molecule has 0 radical (unpaired) electrons. The highest BCUT2D eigenvalue weighted by atomic mass is 35.5. The second kappa shape index (κ2) is 7.09. The van der Waals surface area contributed by atoms with E-state index in [1.165, 1.54) is 5.56 Å². The standard InChI is InChI=1S/C20H17ClN4S/c1-13-5-3-6-15(11-13)19-23-24-20(25(19)2)26-12-16-17(21)9-8-14-7-4-10-22-18(14)16/h3-11H,12H2,1-2H3. The van der Waals surface area contributed by atoms with Crippen LogP contribution < -0.4 is 0 Å². The average molecular weight is 381 g/mol. The number of fused-ring (bicyclic) bond motifs is 1. The van der Waals surface area contributed by atoms with E-state index in [0.717, 1.165) is 38.0 Å². The fraction of sp³-hybridized carbons (Fsp3) is 0.150. The van der Waals surface area contributed by atoms with Crippen LogP contribution in [0.25, 0.3) is 22.3 Å². The quantitative estimate of drug-likeness (QED) is 0.451. The van der Waals surface area contributed by atoms with Crippen LogP contribution in [0.2, 0.25) is 5.02 Å². The van der Waals surface area contributed by atoms with Crippen LogP contribution in [0.5, 0.6) is 0 Å². The van der Waals surface area contributed by atoms with Crippen molar-refractivity contribution in [1.29, 1.82) is 0 Å². The van der Waals surface area contributed by atoms with Gasteiger partial charge in [0.25, 0.3) is 0 Å². The van der Waals surface area contributed by atoms with Crippen molar-refractivity contribution in [3.05, 3.63) is 70.9 Å². The van der Waals surface area contributed by atoms with Gasteiger partial charge in [0.05, 0.1) is 5.52 Å². The minimum Gasteiger partial charge on any atom is -0.305 e. The molecule has 2 aromatic carbocycles. The predicted molar refractivity (Wildman–Crippen MR) is 107 cm³/mol. The van der Waals surface area contributed by atoms with E-state index in [9.17, 15) is 0 Å². The Bertz CT molecular complexity index is 1090. The van der Waals surface area contributed by atoms with Gasteiger partial charge in [-0.2, -0.15) is 0 Å². The van der Waals surface area contributed by atoms with E-state index in [0.29, 0.717) is 5.75 Å². The summed E-state index contributed by atoms with van der Waals surface area (Å²) in [5.74, 6) is 1.55. The monoisotopic (exact) mass is 380 g/mol. The zero-order valence-corrected chi connectivity index (χ0v) is 16.1. The Balaban J connectivity index is 1.63. The predicted octanol–water partition coefficient (Wildman–Crippen LogP) is 5.28. The van der Waals surface area contributed by atoms with E-state index in [-0.39, 0.29) is 0 Å². The van der Waals surface area contributed by atoms with Crippen molar-refractivity contribution in [3.63, 3.8) is 0 Å². The molecule has 0 bridgehead atoms. The number of pyridine rings is 1. The number of hydrogen-bond acceptors (Lipinski definition) is 4. The fourth-order valence-electron chi connectivity index (χ4n) is 2.93. The number of rotatable bonds is 4. The topological polar surface area (TPSA) is 43.6 Å². The van der Waals surface area contributed by atoms with E-state index in [2.05, 4.69) is 40.3 Å². The summed E-state index contributed by atoms with van der Waals surface area (Å²) in [4.78, 5) is 4.50. The Kier molecular flexibility index (Phi) is 4.66. The van der Waals surface area contributed by atoms with Gasteiger partial charge in [-0.1, -0.05) is 59.3 Å². The third-order valence-electron chi connectivity index (χ3n) is 4.28. The van der Waals surface area contributed by atoms with Crippen molar-refractivity contribution in [1.82, 2.24) is 19.7 Å². The largest absolute Gasteiger partial charge is 0.305 e. The molecule has 0 aliphatic carbocycles. The van der Waals surface area contributed by atoms with Crippen molar-refractivity contribution in [2.24, 2.45) is 7.05 Å².